The Morgan fingerprint density at radius 1 is 1.38 bits per heavy atom. The predicted octanol–water partition coefficient (Wildman–Crippen LogP) is 0.441. The van der Waals surface area contributed by atoms with Crippen molar-refractivity contribution in [3.05, 3.63) is 0 Å². The minimum atomic E-state index is 0.267. The Balaban J connectivity index is 2.43. The van der Waals surface area contributed by atoms with Crippen molar-refractivity contribution in [2.75, 3.05) is 27.2 Å². The fourth-order valence-electron chi connectivity index (χ4n) is 2.30. The number of aliphatic hydroxyl groups is 1. The van der Waals surface area contributed by atoms with Crippen molar-refractivity contribution >= 4 is 0 Å². The molecule has 3 nitrogen and oxygen atoms in total. The summed E-state index contributed by atoms with van der Waals surface area (Å²) in [5, 5.41) is 12.2. The van der Waals surface area contributed by atoms with E-state index in [1.165, 1.54) is 25.7 Å². The van der Waals surface area contributed by atoms with E-state index < -0.39 is 0 Å². The zero-order valence-corrected chi connectivity index (χ0v) is 8.79. The Hall–Kier alpha value is -0.120. The van der Waals surface area contributed by atoms with Gasteiger partial charge in [-0.05, 0) is 26.9 Å². The maximum absolute atomic E-state index is 8.86. The molecule has 0 radical (unpaired) electrons. The third-order valence-corrected chi connectivity index (χ3v) is 3.12. The highest BCUT2D eigenvalue weighted by atomic mass is 16.3. The largest absolute Gasteiger partial charge is 0.395 e. The predicted molar refractivity (Wildman–Crippen MR) is 54.8 cm³/mol. The van der Waals surface area contributed by atoms with Crippen molar-refractivity contribution in [2.45, 2.75) is 37.8 Å². The highest BCUT2D eigenvalue weighted by Gasteiger charge is 2.26. The van der Waals surface area contributed by atoms with E-state index in [1.807, 2.05) is 7.05 Å². The van der Waals surface area contributed by atoms with Gasteiger partial charge in [0, 0.05) is 18.6 Å². The maximum Gasteiger partial charge on any atom is 0.0558 e. The van der Waals surface area contributed by atoms with Crippen molar-refractivity contribution in [2.24, 2.45) is 0 Å². The number of nitrogens with one attached hydrogen (secondary N) is 1. The molecule has 1 aliphatic carbocycles. The van der Waals surface area contributed by atoms with Crippen LogP contribution in [0.1, 0.15) is 25.7 Å². The molecule has 0 aromatic heterocycles. The Morgan fingerprint density at radius 2 is 2.08 bits per heavy atom. The molecule has 1 fully saturated rings. The topological polar surface area (TPSA) is 35.5 Å². The normalized spacial score (nSPS) is 29.5. The van der Waals surface area contributed by atoms with Gasteiger partial charge in [-0.15, -0.1) is 0 Å². The van der Waals surface area contributed by atoms with E-state index in [0.717, 1.165) is 6.54 Å². The standard InChI is InChI=1S/C10H22N2O/c1-11-9-5-3-4-6-10(9)12(2)7-8-13/h9-11,13H,3-8H2,1-2H3/t9-,10-/m1/s1. The Morgan fingerprint density at radius 3 is 2.69 bits per heavy atom. The molecule has 0 aromatic rings. The Kier molecular flexibility index (Phi) is 4.70. The maximum atomic E-state index is 8.86. The molecule has 1 saturated carbocycles. The quantitative estimate of drug-likeness (QED) is 0.669. The van der Waals surface area contributed by atoms with E-state index in [1.54, 1.807) is 0 Å². The average molecular weight is 186 g/mol. The van der Waals surface area contributed by atoms with Crippen LogP contribution < -0.4 is 5.32 Å². The van der Waals surface area contributed by atoms with Crippen LogP contribution in [0.2, 0.25) is 0 Å². The SMILES string of the molecule is CN[C@@H]1CCCC[C@H]1N(C)CCO. The molecule has 78 valence electrons. The summed E-state index contributed by atoms with van der Waals surface area (Å²) in [5.74, 6) is 0. The molecule has 2 N–H and O–H groups in total. The zero-order chi connectivity index (χ0) is 9.68. The summed E-state index contributed by atoms with van der Waals surface area (Å²) in [4.78, 5) is 2.28. The lowest BCUT2D eigenvalue weighted by Crippen LogP contribution is -2.50. The third kappa shape index (κ3) is 2.93. The molecule has 0 bridgehead atoms. The molecular formula is C10H22N2O. The van der Waals surface area contributed by atoms with Gasteiger partial charge in [-0.2, -0.15) is 0 Å². The first-order valence-electron chi connectivity index (χ1n) is 5.28. The molecule has 1 aliphatic rings. The van der Waals surface area contributed by atoms with E-state index in [4.69, 9.17) is 5.11 Å². The minimum absolute atomic E-state index is 0.267. The molecule has 0 unspecified atom stereocenters. The average Bonchev–Trinajstić information content (AvgIpc) is 2.18. The van der Waals surface area contributed by atoms with Crippen LogP contribution in [0.5, 0.6) is 0 Å². The van der Waals surface area contributed by atoms with Crippen molar-refractivity contribution < 1.29 is 5.11 Å². The molecule has 0 aliphatic heterocycles. The number of hydrogen-bond donors (Lipinski definition) is 2. The van der Waals surface area contributed by atoms with E-state index >= 15 is 0 Å². The zero-order valence-electron chi connectivity index (χ0n) is 8.79. The molecule has 0 spiro atoms. The van der Waals surface area contributed by atoms with Crippen LogP contribution in [-0.2, 0) is 0 Å². The Bertz CT molecular complexity index is 141. The molecule has 0 aromatic carbocycles. The van der Waals surface area contributed by atoms with Gasteiger partial charge < -0.3 is 10.4 Å². The summed E-state index contributed by atoms with van der Waals surface area (Å²) in [5.41, 5.74) is 0. The second-order valence-electron chi connectivity index (χ2n) is 3.95. The van der Waals surface area contributed by atoms with E-state index in [2.05, 4.69) is 17.3 Å². The van der Waals surface area contributed by atoms with Gasteiger partial charge in [-0.25, -0.2) is 0 Å². The summed E-state index contributed by atoms with van der Waals surface area (Å²) in [6.45, 7) is 1.06. The van der Waals surface area contributed by atoms with Gasteiger partial charge in [0.1, 0.15) is 0 Å². The molecule has 3 heteroatoms. The summed E-state index contributed by atoms with van der Waals surface area (Å²) < 4.78 is 0. The molecule has 0 heterocycles. The summed E-state index contributed by atoms with van der Waals surface area (Å²) in [6, 6.07) is 1.23. The van der Waals surface area contributed by atoms with Gasteiger partial charge in [0.05, 0.1) is 6.61 Å². The molecular weight excluding hydrogens is 164 g/mol. The van der Waals surface area contributed by atoms with Crippen LogP contribution in [-0.4, -0.2) is 49.3 Å². The lowest BCUT2D eigenvalue weighted by Gasteiger charge is -2.37. The van der Waals surface area contributed by atoms with Gasteiger partial charge in [0.25, 0.3) is 0 Å². The van der Waals surface area contributed by atoms with Crippen molar-refractivity contribution in [1.82, 2.24) is 10.2 Å². The summed E-state index contributed by atoms with van der Waals surface area (Å²) >= 11 is 0. The van der Waals surface area contributed by atoms with Crippen molar-refractivity contribution in [3.63, 3.8) is 0 Å². The smallest absolute Gasteiger partial charge is 0.0558 e. The van der Waals surface area contributed by atoms with Gasteiger partial charge in [-0.1, -0.05) is 12.8 Å². The van der Waals surface area contributed by atoms with E-state index in [9.17, 15) is 0 Å². The van der Waals surface area contributed by atoms with Gasteiger partial charge in [0.2, 0.25) is 0 Å². The van der Waals surface area contributed by atoms with Crippen LogP contribution in [0.3, 0.4) is 0 Å². The molecule has 0 amide bonds. The fraction of sp³-hybridized carbons (Fsp3) is 1.00. The van der Waals surface area contributed by atoms with Crippen molar-refractivity contribution in [1.29, 1.82) is 0 Å². The van der Waals surface area contributed by atoms with Gasteiger partial charge in [0.15, 0.2) is 0 Å². The van der Waals surface area contributed by atoms with Crippen LogP contribution in [0.15, 0.2) is 0 Å². The molecule has 1 rings (SSSR count). The van der Waals surface area contributed by atoms with Gasteiger partial charge in [-0.3, -0.25) is 4.90 Å². The molecule has 13 heavy (non-hydrogen) atoms. The number of nitrogens with zero attached hydrogens (tertiary/aromatic N) is 1. The lowest BCUT2D eigenvalue weighted by atomic mass is 9.89. The van der Waals surface area contributed by atoms with E-state index in [0.29, 0.717) is 12.1 Å². The Labute approximate surface area is 81.1 Å². The fourth-order valence-corrected chi connectivity index (χ4v) is 2.30. The van der Waals surface area contributed by atoms with Crippen LogP contribution in [0.25, 0.3) is 0 Å². The molecule has 2 atom stereocenters. The first-order chi connectivity index (χ1) is 6.29. The third-order valence-electron chi connectivity index (χ3n) is 3.12. The van der Waals surface area contributed by atoms with Crippen LogP contribution >= 0.6 is 0 Å². The first-order valence-corrected chi connectivity index (χ1v) is 5.28. The summed E-state index contributed by atoms with van der Waals surface area (Å²) in [6.07, 6.45) is 5.21. The van der Waals surface area contributed by atoms with Crippen molar-refractivity contribution in [3.8, 4) is 0 Å². The first kappa shape index (κ1) is 11.0. The second-order valence-corrected chi connectivity index (χ2v) is 3.95. The number of aliphatic hydroxyl groups excluding tert-OH is 1. The lowest BCUT2D eigenvalue weighted by molar-refractivity contribution is 0.127. The number of rotatable bonds is 4. The minimum Gasteiger partial charge on any atom is -0.395 e. The molecule has 0 saturated heterocycles. The highest BCUT2D eigenvalue weighted by Crippen LogP contribution is 2.21. The van der Waals surface area contributed by atoms with Gasteiger partial charge >= 0.3 is 0 Å². The second kappa shape index (κ2) is 5.58. The summed E-state index contributed by atoms with van der Waals surface area (Å²) in [7, 11) is 4.15. The van der Waals surface area contributed by atoms with Crippen LogP contribution in [0.4, 0.5) is 0 Å². The highest BCUT2D eigenvalue weighted by molar-refractivity contribution is 4.85. The van der Waals surface area contributed by atoms with E-state index in [-0.39, 0.29) is 6.61 Å². The monoisotopic (exact) mass is 186 g/mol. The van der Waals surface area contributed by atoms with Crippen LogP contribution in [0, 0.1) is 0 Å². The number of likely N-dealkylation sites (N-methyl/N-ethyl adjacent to an activating group) is 2. The number of hydrogen-bond acceptors (Lipinski definition) is 3.